The molecule has 1 aliphatic rings. The van der Waals surface area contributed by atoms with Crippen LogP contribution in [-0.4, -0.2) is 0 Å². The lowest BCUT2D eigenvalue weighted by atomic mass is 9.82. The van der Waals surface area contributed by atoms with Gasteiger partial charge in [-0.15, -0.1) is 0 Å². The summed E-state index contributed by atoms with van der Waals surface area (Å²) in [6.45, 7) is 0. The molecule has 0 heterocycles. The first-order valence-corrected chi connectivity index (χ1v) is 12.5. The Morgan fingerprint density at radius 1 is 0.324 bits per heavy atom. The van der Waals surface area contributed by atoms with Gasteiger partial charge in [-0.05, 0) is 126 Å². The first-order chi connectivity index (χ1) is 16.9. The zero-order valence-electron chi connectivity index (χ0n) is 19.1. The molecule has 1 aliphatic carbocycles. The summed E-state index contributed by atoms with van der Waals surface area (Å²) in [5, 5.41) is 16.5. The Hall–Kier alpha value is -3.90. The molecule has 0 amide bonds. The Bertz CT molecular complexity index is 1960. The van der Waals surface area contributed by atoms with E-state index in [1.165, 1.54) is 90.3 Å². The number of rotatable bonds is 0. The lowest BCUT2D eigenvalue weighted by Crippen LogP contribution is -2.04. The fraction of sp³-hybridized carbons (Fsp3) is 0.118. The average Bonchev–Trinajstić information content (AvgIpc) is 2.91. The zero-order chi connectivity index (χ0) is 22.2. The van der Waals surface area contributed by atoms with Crippen molar-refractivity contribution < 1.29 is 0 Å². The molecule has 0 radical (unpaired) electrons. The summed E-state index contributed by atoms with van der Waals surface area (Å²) in [5.74, 6) is 0. The van der Waals surface area contributed by atoms with Crippen molar-refractivity contribution in [2.45, 2.75) is 25.7 Å². The van der Waals surface area contributed by atoms with Crippen LogP contribution in [0.2, 0.25) is 0 Å². The molecule has 7 aromatic rings. The molecule has 0 fully saturated rings. The van der Waals surface area contributed by atoms with Crippen molar-refractivity contribution in [3.05, 3.63) is 108 Å². The third-order valence-electron chi connectivity index (χ3n) is 8.17. The normalized spacial score (nSPS) is 14.0. The van der Waals surface area contributed by atoms with Gasteiger partial charge in [-0.1, -0.05) is 72.8 Å². The summed E-state index contributed by atoms with van der Waals surface area (Å²) in [4.78, 5) is 0. The molecule has 0 nitrogen and oxygen atoms in total. The highest BCUT2D eigenvalue weighted by atomic mass is 14.2. The highest BCUT2D eigenvalue weighted by Gasteiger charge is 2.18. The standard InChI is InChI=1S/C34H24/c1-5-13-27-23(9-1)24-10-2-6-14-28(24)32-18-22-20-34-30-16-8-4-12-26(30)25-11-3-7-15-29(25)33(34)19-21(22)17-31(27)32/h1-3,5-7,9-11,13-15,17-20H,4,8,12,16H2. The predicted molar refractivity (Wildman–Crippen MR) is 148 cm³/mol. The molecule has 0 bridgehead atoms. The Morgan fingerprint density at radius 3 is 1.15 bits per heavy atom. The van der Waals surface area contributed by atoms with Crippen LogP contribution < -0.4 is 0 Å². The summed E-state index contributed by atoms with van der Waals surface area (Å²) < 4.78 is 0. The van der Waals surface area contributed by atoms with Crippen LogP contribution in [0.4, 0.5) is 0 Å². The minimum absolute atomic E-state index is 1.20. The summed E-state index contributed by atoms with van der Waals surface area (Å²) in [7, 11) is 0. The van der Waals surface area contributed by atoms with E-state index in [-0.39, 0.29) is 0 Å². The van der Waals surface area contributed by atoms with Gasteiger partial charge in [-0.3, -0.25) is 0 Å². The van der Waals surface area contributed by atoms with E-state index in [0.29, 0.717) is 0 Å². The molecule has 0 spiro atoms. The van der Waals surface area contributed by atoms with Crippen LogP contribution in [0.1, 0.15) is 24.0 Å². The summed E-state index contributed by atoms with van der Waals surface area (Å²) in [6.07, 6.45) is 5.01. The van der Waals surface area contributed by atoms with Gasteiger partial charge in [0.25, 0.3) is 0 Å². The molecular formula is C34H24. The van der Waals surface area contributed by atoms with Gasteiger partial charge in [0.2, 0.25) is 0 Å². The van der Waals surface area contributed by atoms with Crippen molar-refractivity contribution in [2.24, 2.45) is 0 Å². The summed E-state index contributed by atoms with van der Waals surface area (Å²) in [5.41, 5.74) is 3.18. The van der Waals surface area contributed by atoms with Gasteiger partial charge in [0.1, 0.15) is 0 Å². The van der Waals surface area contributed by atoms with Gasteiger partial charge >= 0.3 is 0 Å². The SMILES string of the molecule is c1ccc2c(c1)c1c(c3cc4cc5c6ccccc6c6ccccc6c5cc4cc32)CCCC1. The second kappa shape index (κ2) is 6.81. The zero-order valence-corrected chi connectivity index (χ0v) is 19.1. The van der Waals surface area contributed by atoms with Gasteiger partial charge in [-0.25, -0.2) is 0 Å². The Labute approximate surface area is 198 Å². The minimum atomic E-state index is 1.20. The Balaban J connectivity index is 1.59. The first-order valence-electron chi connectivity index (χ1n) is 12.5. The van der Waals surface area contributed by atoms with Gasteiger partial charge < -0.3 is 0 Å². The van der Waals surface area contributed by atoms with Crippen molar-refractivity contribution in [1.29, 1.82) is 0 Å². The number of benzene rings is 7. The maximum Gasteiger partial charge on any atom is -0.00926 e. The van der Waals surface area contributed by atoms with E-state index in [0.717, 1.165) is 0 Å². The Kier molecular flexibility index (Phi) is 3.71. The third kappa shape index (κ3) is 2.43. The van der Waals surface area contributed by atoms with E-state index in [9.17, 15) is 0 Å². The van der Waals surface area contributed by atoms with E-state index in [1.54, 1.807) is 11.1 Å². The average molecular weight is 433 g/mol. The van der Waals surface area contributed by atoms with E-state index >= 15 is 0 Å². The maximum atomic E-state index is 2.49. The van der Waals surface area contributed by atoms with Crippen LogP contribution in [0, 0.1) is 0 Å². The lowest BCUT2D eigenvalue weighted by molar-refractivity contribution is 0.694. The molecule has 0 aromatic heterocycles. The molecule has 0 saturated carbocycles. The number of aryl methyl sites for hydroxylation is 2. The minimum Gasteiger partial charge on any atom is -0.0616 e. The monoisotopic (exact) mass is 432 g/mol. The number of hydrogen-bond donors (Lipinski definition) is 0. The lowest BCUT2D eigenvalue weighted by Gasteiger charge is -2.22. The molecular weight excluding hydrogens is 408 g/mol. The van der Waals surface area contributed by atoms with E-state index in [2.05, 4.69) is 97.1 Å². The molecule has 8 rings (SSSR count). The van der Waals surface area contributed by atoms with Gasteiger partial charge in [0.15, 0.2) is 0 Å². The second-order valence-electron chi connectivity index (χ2n) is 9.94. The van der Waals surface area contributed by atoms with Crippen molar-refractivity contribution >= 4 is 64.6 Å². The highest BCUT2D eigenvalue weighted by molar-refractivity contribution is 6.28. The van der Waals surface area contributed by atoms with Crippen LogP contribution in [0.5, 0.6) is 0 Å². The fourth-order valence-corrected chi connectivity index (χ4v) is 6.65. The highest BCUT2D eigenvalue weighted by Crippen LogP contribution is 2.41. The van der Waals surface area contributed by atoms with Crippen LogP contribution >= 0.6 is 0 Å². The third-order valence-corrected chi connectivity index (χ3v) is 8.17. The fourth-order valence-electron chi connectivity index (χ4n) is 6.65. The number of fused-ring (bicyclic) bond motifs is 13. The molecule has 0 heteroatoms. The first kappa shape index (κ1) is 18.5. The van der Waals surface area contributed by atoms with Crippen molar-refractivity contribution in [3.63, 3.8) is 0 Å². The molecule has 0 saturated heterocycles. The largest absolute Gasteiger partial charge is 0.0616 e. The smallest absolute Gasteiger partial charge is 0.00926 e. The predicted octanol–water partition coefficient (Wildman–Crippen LogP) is 9.48. The number of hydrogen-bond acceptors (Lipinski definition) is 0. The van der Waals surface area contributed by atoms with Crippen LogP contribution in [-0.2, 0) is 12.8 Å². The summed E-state index contributed by atoms with van der Waals surface area (Å²) >= 11 is 0. The van der Waals surface area contributed by atoms with E-state index in [1.807, 2.05) is 0 Å². The van der Waals surface area contributed by atoms with Crippen LogP contribution in [0.15, 0.2) is 97.1 Å². The van der Waals surface area contributed by atoms with Gasteiger partial charge in [-0.2, -0.15) is 0 Å². The van der Waals surface area contributed by atoms with E-state index in [4.69, 9.17) is 0 Å². The molecule has 7 aromatic carbocycles. The summed E-state index contributed by atoms with van der Waals surface area (Å²) in [6, 6.07) is 36.6. The second-order valence-corrected chi connectivity index (χ2v) is 9.94. The van der Waals surface area contributed by atoms with Crippen molar-refractivity contribution in [2.75, 3.05) is 0 Å². The quantitative estimate of drug-likeness (QED) is 0.165. The van der Waals surface area contributed by atoms with Crippen molar-refractivity contribution in [3.8, 4) is 0 Å². The molecule has 0 atom stereocenters. The molecule has 160 valence electrons. The van der Waals surface area contributed by atoms with Crippen LogP contribution in [0.25, 0.3) is 64.6 Å². The van der Waals surface area contributed by atoms with Crippen LogP contribution in [0.3, 0.4) is 0 Å². The molecule has 0 unspecified atom stereocenters. The maximum absolute atomic E-state index is 2.49. The van der Waals surface area contributed by atoms with E-state index < -0.39 is 0 Å². The molecule has 0 N–H and O–H groups in total. The van der Waals surface area contributed by atoms with Gasteiger partial charge in [0, 0.05) is 0 Å². The topological polar surface area (TPSA) is 0 Å². The van der Waals surface area contributed by atoms with Crippen molar-refractivity contribution in [1.82, 2.24) is 0 Å². The Morgan fingerprint density at radius 2 is 0.647 bits per heavy atom. The van der Waals surface area contributed by atoms with Gasteiger partial charge in [0.05, 0.1) is 0 Å². The molecule has 34 heavy (non-hydrogen) atoms. The molecule has 0 aliphatic heterocycles.